The molecular formula is C17H15FN2O. The fraction of sp³-hybridized carbons (Fsp3) is 0.118. The summed E-state index contributed by atoms with van der Waals surface area (Å²) in [4.78, 5) is 4.26. The normalized spacial score (nSPS) is 11.5. The van der Waals surface area contributed by atoms with E-state index in [9.17, 15) is 9.50 Å². The lowest BCUT2D eigenvalue weighted by molar-refractivity contribution is 0.434. The van der Waals surface area contributed by atoms with E-state index in [0.29, 0.717) is 11.1 Å². The summed E-state index contributed by atoms with van der Waals surface area (Å²) in [6.07, 6.45) is 1.60. The third kappa shape index (κ3) is 2.40. The van der Waals surface area contributed by atoms with Crippen molar-refractivity contribution in [2.24, 2.45) is 12.0 Å². The standard InChI is InChI=1S/C17H15FN2O/c1-20-16-9-5-3-7-13(16)14(17(20)21)11-19-10-12-6-2-4-8-15(12)18/h2-9,11,21H,10H2,1H3. The smallest absolute Gasteiger partial charge is 0.200 e. The molecule has 0 aliphatic heterocycles. The van der Waals surface area contributed by atoms with Crippen LogP contribution in [0, 0.1) is 5.82 Å². The summed E-state index contributed by atoms with van der Waals surface area (Å²) < 4.78 is 15.2. The molecule has 0 unspecified atom stereocenters. The first-order valence-electron chi connectivity index (χ1n) is 6.68. The van der Waals surface area contributed by atoms with Gasteiger partial charge < -0.3 is 9.67 Å². The summed E-state index contributed by atoms with van der Waals surface area (Å²) in [6, 6.07) is 14.2. The van der Waals surface area contributed by atoms with E-state index in [4.69, 9.17) is 0 Å². The summed E-state index contributed by atoms with van der Waals surface area (Å²) in [5.74, 6) is -0.106. The molecule has 106 valence electrons. The number of aromatic nitrogens is 1. The third-order valence-electron chi connectivity index (χ3n) is 3.55. The monoisotopic (exact) mass is 282 g/mol. The van der Waals surface area contributed by atoms with Crippen LogP contribution in [0.1, 0.15) is 11.1 Å². The fourth-order valence-corrected chi connectivity index (χ4v) is 2.40. The Kier molecular flexibility index (Phi) is 3.44. The number of aryl methyl sites for hydroxylation is 1. The molecule has 0 radical (unpaired) electrons. The Morgan fingerprint density at radius 2 is 1.86 bits per heavy atom. The number of para-hydroxylation sites is 1. The molecule has 3 nitrogen and oxygen atoms in total. The number of rotatable bonds is 3. The topological polar surface area (TPSA) is 37.5 Å². The Morgan fingerprint density at radius 1 is 1.14 bits per heavy atom. The van der Waals surface area contributed by atoms with Gasteiger partial charge in [0.25, 0.3) is 0 Å². The van der Waals surface area contributed by atoms with Crippen molar-refractivity contribution in [3.05, 3.63) is 65.5 Å². The molecule has 0 saturated carbocycles. The SMILES string of the molecule is Cn1c(O)c(C=NCc2ccccc2F)c2ccccc21. The van der Waals surface area contributed by atoms with Gasteiger partial charge in [-0.25, -0.2) is 4.39 Å². The molecule has 0 atom stereocenters. The van der Waals surface area contributed by atoms with Crippen molar-refractivity contribution in [3.63, 3.8) is 0 Å². The average molecular weight is 282 g/mol. The number of hydrogen-bond donors (Lipinski definition) is 1. The van der Waals surface area contributed by atoms with Crippen LogP contribution in [0.15, 0.2) is 53.5 Å². The van der Waals surface area contributed by atoms with Crippen molar-refractivity contribution >= 4 is 17.1 Å². The minimum Gasteiger partial charge on any atom is -0.494 e. The van der Waals surface area contributed by atoms with Crippen molar-refractivity contribution in [1.82, 2.24) is 4.57 Å². The van der Waals surface area contributed by atoms with Crippen molar-refractivity contribution in [1.29, 1.82) is 0 Å². The Bertz CT molecular complexity index is 821. The maximum absolute atomic E-state index is 13.5. The first-order chi connectivity index (χ1) is 10.2. The number of nitrogens with zero attached hydrogens (tertiary/aromatic N) is 2. The second-order valence-electron chi connectivity index (χ2n) is 4.87. The number of hydrogen-bond acceptors (Lipinski definition) is 2. The second-order valence-corrected chi connectivity index (χ2v) is 4.87. The highest BCUT2D eigenvalue weighted by molar-refractivity contribution is 6.02. The average Bonchev–Trinajstić information content (AvgIpc) is 2.74. The van der Waals surface area contributed by atoms with Crippen LogP contribution in [-0.4, -0.2) is 15.9 Å². The molecule has 3 aromatic rings. The molecule has 3 rings (SSSR count). The van der Waals surface area contributed by atoms with Gasteiger partial charge in [0.1, 0.15) is 5.82 Å². The van der Waals surface area contributed by atoms with Crippen molar-refractivity contribution in [3.8, 4) is 5.88 Å². The van der Waals surface area contributed by atoms with Gasteiger partial charge in [0, 0.05) is 24.2 Å². The minimum atomic E-state index is -0.267. The van der Waals surface area contributed by atoms with E-state index in [2.05, 4.69) is 4.99 Å². The van der Waals surface area contributed by atoms with Crippen LogP contribution in [0.25, 0.3) is 10.9 Å². The molecule has 0 bridgehead atoms. The highest BCUT2D eigenvalue weighted by atomic mass is 19.1. The van der Waals surface area contributed by atoms with E-state index >= 15 is 0 Å². The van der Waals surface area contributed by atoms with Gasteiger partial charge in [-0.3, -0.25) is 4.99 Å². The van der Waals surface area contributed by atoms with E-state index in [-0.39, 0.29) is 18.2 Å². The van der Waals surface area contributed by atoms with Gasteiger partial charge in [-0.15, -0.1) is 0 Å². The Morgan fingerprint density at radius 3 is 2.67 bits per heavy atom. The molecule has 1 N–H and O–H groups in total. The van der Waals surface area contributed by atoms with Crippen LogP contribution >= 0.6 is 0 Å². The number of fused-ring (bicyclic) bond motifs is 1. The number of benzene rings is 2. The highest BCUT2D eigenvalue weighted by Gasteiger charge is 2.11. The molecule has 1 aromatic heterocycles. The van der Waals surface area contributed by atoms with Gasteiger partial charge in [0.15, 0.2) is 0 Å². The predicted molar refractivity (Wildman–Crippen MR) is 82.3 cm³/mol. The quantitative estimate of drug-likeness (QED) is 0.732. The Hall–Kier alpha value is -2.62. The molecular weight excluding hydrogens is 267 g/mol. The fourth-order valence-electron chi connectivity index (χ4n) is 2.40. The maximum atomic E-state index is 13.5. The Balaban J connectivity index is 1.94. The lowest BCUT2D eigenvalue weighted by atomic mass is 10.2. The third-order valence-corrected chi connectivity index (χ3v) is 3.55. The van der Waals surface area contributed by atoms with E-state index in [1.807, 2.05) is 24.3 Å². The van der Waals surface area contributed by atoms with Crippen LogP contribution in [-0.2, 0) is 13.6 Å². The summed E-state index contributed by atoms with van der Waals surface area (Å²) >= 11 is 0. The number of aliphatic imine (C=N–C) groups is 1. The first kappa shape index (κ1) is 13.4. The molecule has 0 fully saturated rings. The van der Waals surface area contributed by atoms with Crippen LogP contribution < -0.4 is 0 Å². The summed E-state index contributed by atoms with van der Waals surface area (Å²) in [6.45, 7) is 0.245. The molecule has 1 heterocycles. The minimum absolute atomic E-state index is 0.161. The zero-order chi connectivity index (χ0) is 14.8. The zero-order valence-corrected chi connectivity index (χ0v) is 11.6. The van der Waals surface area contributed by atoms with Gasteiger partial charge >= 0.3 is 0 Å². The van der Waals surface area contributed by atoms with Gasteiger partial charge in [0.05, 0.1) is 17.6 Å². The molecule has 0 aliphatic carbocycles. The molecule has 0 saturated heterocycles. The van der Waals surface area contributed by atoms with Gasteiger partial charge in [0.2, 0.25) is 5.88 Å². The van der Waals surface area contributed by atoms with E-state index < -0.39 is 0 Å². The van der Waals surface area contributed by atoms with Crippen molar-refractivity contribution in [2.45, 2.75) is 6.54 Å². The molecule has 2 aromatic carbocycles. The van der Waals surface area contributed by atoms with Crippen LogP contribution in [0.2, 0.25) is 0 Å². The van der Waals surface area contributed by atoms with Crippen LogP contribution in [0.4, 0.5) is 4.39 Å². The summed E-state index contributed by atoms with van der Waals surface area (Å²) in [5.41, 5.74) is 2.13. The lowest BCUT2D eigenvalue weighted by Gasteiger charge is -1.98. The second kappa shape index (κ2) is 5.40. The Labute approximate surface area is 122 Å². The predicted octanol–water partition coefficient (Wildman–Crippen LogP) is 3.64. The van der Waals surface area contributed by atoms with Crippen LogP contribution in [0.5, 0.6) is 5.88 Å². The molecule has 0 aliphatic rings. The molecule has 4 heteroatoms. The van der Waals surface area contributed by atoms with Crippen molar-refractivity contribution < 1.29 is 9.50 Å². The summed E-state index contributed by atoms with van der Waals surface area (Å²) in [7, 11) is 1.80. The van der Waals surface area contributed by atoms with Gasteiger partial charge in [-0.2, -0.15) is 0 Å². The van der Waals surface area contributed by atoms with E-state index in [1.165, 1.54) is 6.07 Å². The maximum Gasteiger partial charge on any atom is 0.200 e. The number of aromatic hydroxyl groups is 1. The first-order valence-corrected chi connectivity index (χ1v) is 6.68. The largest absolute Gasteiger partial charge is 0.494 e. The van der Waals surface area contributed by atoms with Gasteiger partial charge in [-0.05, 0) is 12.1 Å². The lowest BCUT2D eigenvalue weighted by Crippen LogP contribution is -1.89. The number of halogens is 1. The highest BCUT2D eigenvalue weighted by Crippen LogP contribution is 2.28. The summed E-state index contributed by atoms with van der Waals surface area (Å²) in [5, 5.41) is 11.1. The van der Waals surface area contributed by atoms with Crippen molar-refractivity contribution in [2.75, 3.05) is 0 Å². The molecule has 0 spiro atoms. The van der Waals surface area contributed by atoms with E-state index in [1.54, 1.807) is 36.0 Å². The molecule has 0 amide bonds. The van der Waals surface area contributed by atoms with E-state index in [0.717, 1.165) is 10.9 Å². The van der Waals surface area contributed by atoms with Gasteiger partial charge in [-0.1, -0.05) is 36.4 Å². The zero-order valence-electron chi connectivity index (χ0n) is 11.6. The molecule has 21 heavy (non-hydrogen) atoms. The van der Waals surface area contributed by atoms with Crippen LogP contribution in [0.3, 0.4) is 0 Å².